The number of nitrogens with one attached hydrogen (secondary N) is 1. The molecule has 0 radical (unpaired) electrons. The summed E-state index contributed by atoms with van der Waals surface area (Å²) in [5, 5.41) is 3.04. The molecule has 1 atom stereocenters. The molecule has 1 aliphatic heterocycles. The van der Waals surface area contributed by atoms with E-state index in [0.29, 0.717) is 18.0 Å². The number of aryl methyl sites for hydroxylation is 2. The van der Waals surface area contributed by atoms with Crippen molar-refractivity contribution in [2.45, 2.75) is 26.2 Å². The van der Waals surface area contributed by atoms with Gasteiger partial charge in [0, 0.05) is 25.2 Å². The molecular formula is C23H26N4O. The summed E-state index contributed by atoms with van der Waals surface area (Å²) in [6.45, 7) is 7.55. The van der Waals surface area contributed by atoms with Crippen molar-refractivity contribution in [3.8, 4) is 0 Å². The third-order valence-electron chi connectivity index (χ3n) is 5.59. The number of hydrogen-bond donors (Lipinski definition) is 1. The van der Waals surface area contributed by atoms with Crippen LogP contribution in [0.1, 0.15) is 39.6 Å². The molecule has 2 aromatic carbocycles. The maximum atomic E-state index is 12.5. The summed E-state index contributed by atoms with van der Waals surface area (Å²) in [5.74, 6) is 0.545. The summed E-state index contributed by atoms with van der Waals surface area (Å²) in [4.78, 5) is 24.0. The fourth-order valence-corrected chi connectivity index (χ4v) is 3.83. The van der Waals surface area contributed by atoms with Gasteiger partial charge in [-0.3, -0.25) is 4.79 Å². The second-order valence-corrected chi connectivity index (χ2v) is 7.55. The van der Waals surface area contributed by atoms with Crippen LogP contribution in [-0.4, -0.2) is 47.0 Å². The van der Waals surface area contributed by atoms with Gasteiger partial charge < -0.3 is 10.2 Å². The summed E-state index contributed by atoms with van der Waals surface area (Å²) in [7, 11) is 0. The Balaban J connectivity index is 1.31. The predicted octanol–water partition coefficient (Wildman–Crippen LogP) is 3.47. The zero-order chi connectivity index (χ0) is 19.5. The molecule has 0 unspecified atom stereocenters. The van der Waals surface area contributed by atoms with E-state index in [1.54, 1.807) is 0 Å². The normalized spacial score (nSPS) is 17.1. The van der Waals surface area contributed by atoms with E-state index in [0.717, 1.165) is 42.1 Å². The maximum absolute atomic E-state index is 12.5. The number of benzene rings is 2. The van der Waals surface area contributed by atoms with E-state index in [4.69, 9.17) is 0 Å². The number of hydrogen-bond acceptors (Lipinski definition) is 4. The van der Waals surface area contributed by atoms with Gasteiger partial charge in [-0.05, 0) is 56.5 Å². The van der Waals surface area contributed by atoms with E-state index < -0.39 is 0 Å². The van der Waals surface area contributed by atoms with Crippen molar-refractivity contribution in [3.05, 3.63) is 71.0 Å². The lowest BCUT2D eigenvalue weighted by Gasteiger charge is -2.16. The van der Waals surface area contributed by atoms with Crippen LogP contribution in [0.25, 0.3) is 11.0 Å². The van der Waals surface area contributed by atoms with Crippen molar-refractivity contribution in [1.82, 2.24) is 20.2 Å². The van der Waals surface area contributed by atoms with Crippen molar-refractivity contribution in [2.75, 3.05) is 26.2 Å². The Hall–Kier alpha value is -2.79. The van der Waals surface area contributed by atoms with Crippen LogP contribution in [0.15, 0.2) is 48.5 Å². The first-order chi connectivity index (χ1) is 13.6. The number of carbonyl (C=O) groups is 1. The average molecular weight is 374 g/mol. The third kappa shape index (κ3) is 4.04. The number of carbonyl (C=O) groups excluding carboxylic acids is 1. The largest absolute Gasteiger partial charge is 0.351 e. The zero-order valence-corrected chi connectivity index (χ0v) is 16.5. The first-order valence-corrected chi connectivity index (χ1v) is 9.90. The Labute approximate surface area is 165 Å². The lowest BCUT2D eigenvalue weighted by Crippen LogP contribution is -2.33. The third-order valence-corrected chi connectivity index (χ3v) is 5.59. The fraction of sp³-hybridized carbons (Fsp3) is 0.348. The first-order valence-electron chi connectivity index (χ1n) is 9.90. The van der Waals surface area contributed by atoms with Crippen LogP contribution in [0.3, 0.4) is 0 Å². The Kier molecular flexibility index (Phi) is 5.35. The minimum atomic E-state index is -0.0549. The van der Waals surface area contributed by atoms with E-state index >= 15 is 0 Å². The molecule has 4 rings (SSSR count). The Morgan fingerprint density at radius 3 is 2.61 bits per heavy atom. The SMILES string of the molecule is Cc1nc2ccc(C(=O)NCCN3CC[C@H](c4ccccc4)C3)cc2nc1C. The van der Waals surface area contributed by atoms with Gasteiger partial charge in [-0.25, -0.2) is 9.97 Å². The zero-order valence-electron chi connectivity index (χ0n) is 16.5. The Bertz CT molecular complexity index is 987. The number of likely N-dealkylation sites (tertiary alicyclic amines) is 1. The number of aromatic nitrogens is 2. The molecule has 2 heterocycles. The van der Waals surface area contributed by atoms with Gasteiger partial charge in [-0.15, -0.1) is 0 Å². The van der Waals surface area contributed by atoms with Crippen molar-refractivity contribution in [1.29, 1.82) is 0 Å². The minimum absolute atomic E-state index is 0.0549. The quantitative estimate of drug-likeness (QED) is 0.743. The van der Waals surface area contributed by atoms with Crippen LogP contribution >= 0.6 is 0 Å². The van der Waals surface area contributed by atoms with Gasteiger partial charge in [-0.1, -0.05) is 30.3 Å². The lowest BCUT2D eigenvalue weighted by atomic mass is 9.99. The molecule has 5 nitrogen and oxygen atoms in total. The fourth-order valence-electron chi connectivity index (χ4n) is 3.83. The van der Waals surface area contributed by atoms with E-state index in [9.17, 15) is 4.79 Å². The van der Waals surface area contributed by atoms with Crippen molar-refractivity contribution in [3.63, 3.8) is 0 Å². The molecule has 1 fully saturated rings. The van der Waals surface area contributed by atoms with Crippen LogP contribution < -0.4 is 5.32 Å². The highest BCUT2D eigenvalue weighted by atomic mass is 16.1. The van der Waals surface area contributed by atoms with Crippen LogP contribution in [0, 0.1) is 13.8 Å². The number of fused-ring (bicyclic) bond motifs is 1. The molecule has 1 amide bonds. The molecule has 144 valence electrons. The van der Waals surface area contributed by atoms with E-state index in [1.807, 2.05) is 32.0 Å². The van der Waals surface area contributed by atoms with E-state index in [1.165, 1.54) is 12.0 Å². The van der Waals surface area contributed by atoms with Crippen LogP contribution in [-0.2, 0) is 0 Å². The molecular weight excluding hydrogens is 348 g/mol. The lowest BCUT2D eigenvalue weighted by molar-refractivity contribution is 0.0950. The minimum Gasteiger partial charge on any atom is -0.351 e. The highest BCUT2D eigenvalue weighted by molar-refractivity contribution is 5.97. The van der Waals surface area contributed by atoms with Crippen LogP contribution in [0.5, 0.6) is 0 Å². The number of rotatable bonds is 5. The topological polar surface area (TPSA) is 58.1 Å². The molecule has 1 aromatic heterocycles. The van der Waals surface area contributed by atoms with Gasteiger partial charge in [0.1, 0.15) is 0 Å². The van der Waals surface area contributed by atoms with Crippen LogP contribution in [0.4, 0.5) is 0 Å². The summed E-state index contributed by atoms with van der Waals surface area (Å²) in [6.07, 6.45) is 1.18. The smallest absolute Gasteiger partial charge is 0.251 e. The molecule has 28 heavy (non-hydrogen) atoms. The number of amides is 1. The Morgan fingerprint density at radius 1 is 1.07 bits per heavy atom. The van der Waals surface area contributed by atoms with E-state index in [2.05, 4.69) is 50.5 Å². The molecule has 3 aromatic rings. The van der Waals surface area contributed by atoms with Crippen molar-refractivity contribution < 1.29 is 4.79 Å². The van der Waals surface area contributed by atoms with Gasteiger partial charge in [0.25, 0.3) is 5.91 Å². The summed E-state index contributed by atoms with van der Waals surface area (Å²) < 4.78 is 0. The van der Waals surface area contributed by atoms with Gasteiger partial charge in [-0.2, -0.15) is 0 Å². The highest BCUT2D eigenvalue weighted by Crippen LogP contribution is 2.26. The molecule has 0 aliphatic carbocycles. The van der Waals surface area contributed by atoms with Crippen molar-refractivity contribution in [2.24, 2.45) is 0 Å². The first kappa shape index (κ1) is 18.6. The Morgan fingerprint density at radius 2 is 1.82 bits per heavy atom. The molecule has 5 heteroatoms. The monoisotopic (exact) mass is 374 g/mol. The molecule has 1 aliphatic rings. The standard InChI is InChI=1S/C23H26N4O/c1-16-17(2)26-22-14-19(8-9-21(22)25-16)23(28)24-11-13-27-12-10-20(15-27)18-6-4-3-5-7-18/h3-9,14,20H,10-13,15H2,1-2H3,(H,24,28)/t20-/m0/s1. The van der Waals surface area contributed by atoms with E-state index in [-0.39, 0.29) is 5.91 Å². The van der Waals surface area contributed by atoms with Crippen molar-refractivity contribution >= 4 is 16.9 Å². The molecule has 0 spiro atoms. The van der Waals surface area contributed by atoms with Gasteiger partial charge in [0.2, 0.25) is 0 Å². The van der Waals surface area contributed by atoms with Gasteiger partial charge >= 0.3 is 0 Å². The molecule has 1 N–H and O–H groups in total. The summed E-state index contributed by atoms with van der Waals surface area (Å²) >= 11 is 0. The van der Waals surface area contributed by atoms with Crippen LogP contribution in [0.2, 0.25) is 0 Å². The highest BCUT2D eigenvalue weighted by Gasteiger charge is 2.23. The van der Waals surface area contributed by atoms with Gasteiger partial charge in [0.05, 0.1) is 22.4 Å². The number of nitrogens with zero attached hydrogens (tertiary/aromatic N) is 3. The molecule has 1 saturated heterocycles. The second-order valence-electron chi connectivity index (χ2n) is 7.55. The predicted molar refractivity (Wildman–Crippen MR) is 112 cm³/mol. The summed E-state index contributed by atoms with van der Waals surface area (Å²) in [6, 6.07) is 16.2. The second kappa shape index (κ2) is 8.07. The van der Waals surface area contributed by atoms with Gasteiger partial charge in [0.15, 0.2) is 0 Å². The average Bonchev–Trinajstić information content (AvgIpc) is 3.18. The maximum Gasteiger partial charge on any atom is 0.251 e. The molecule has 0 saturated carbocycles. The summed E-state index contributed by atoms with van der Waals surface area (Å²) in [5.41, 5.74) is 5.45. The molecule has 0 bridgehead atoms.